The molecule has 1 aromatic carbocycles. The normalized spacial score (nSPS) is 10.0. The van der Waals surface area contributed by atoms with E-state index in [1.165, 1.54) is 0 Å². The van der Waals surface area contributed by atoms with Crippen LogP contribution in [-0.2, 0) is 4.74 Å². The maximum atomic E-state index is 11.6. The molecule has 82 valence electrons. The molecular weight excluding hydrogens is 192 g/mol. The first-order valence-corrected chi connectivity index (χ1v) is 4.78. The summed E-state index contributed by atoms with van der Waals surface area (Å²) in [6.45, 7) is 2.91. The molecule has 1 aromatic rings. The third-order valence-corrected chi connectivity index (χ3v) is 2.13. The first-order chi connectivity index (χ1) is 7.15. The summed E-state index contributed by atoms with van der Waals surface area (Å²) < 4.78 is 4.83. The molecule has 1 amide bonds. The van der Waals surface area contributed by atoms with Crippen LogP contribution in [-0.4, -0.2) is 26.2 Å². The lowest BCUT2D eigenvalue weighted by Crippen LogP contribution is -2.26. The van der Waals surface area contributed by atoms with Crippen molar-refractivity contribution in [3.63, 3.8) is 0 Å². The van der Waals surface area contributed by atoms with E-state index in [9.17, 15) is 4.79 Å². The molecule has 0 aliphatic carbocycles. The van der Waals surface area contributed by atoms with Gasteiger partial charge in [-0.3, -0.25) is 4.79 Å². The van der Waals surface area contributed by atoms with Crippen LogP contribution < -0.4 is 11.1 Å². The molecule has 1 rings (SSSR count). The number of hydrogen-bond donors (Lipinski definition) is 2. The predicted molar refractivity (Wildman–Crippen MR) is 59.8 cm³/mol. The van der Waals surface area contributed by atoms with Gasteiger partial charge in [0.2, 0.25) is 0 Å². The van der Waals surface area contributed by atoms with Crippen molar-refractivity contribution >= 4 is 11.6 Å². The summed E-state index contributed by atoms with van der Waals surface area (Å²) in [5, 5.41) is 2.73. The van der Waals surface area contributed by atoms with Crippen LogP contribution in [0.2, 0.25) is 0 Å². The van der Waals surface area contributed by atoms with Gasteiger partial charge in [0.25, 0.3) is 5.91 Å². The molecule has 0 aliphatic rings. The van der Waals surface area contributed by atoms with Gasteiger partial charge in [-0.15, -0.1) is 0 Å². The van der Waals surface area contributed by atoms with E-state index >= 15 is 0 Å². The van der Waals surface area contributed by atoms with Gasteiger partial charge in [-0.2, -0.15) is 0 Å². The highest BCUT2D eigenvalue weighted by Gasteiger charge is 2.05. The molecule has 0 saturated carbocycles. The number of hydrogen-bond acceptors (Lipinski definition) is 3. The molecule has 4 nitrogen and oxygen atoms in total. The Hall–Kier alpha value is -1.55. The minimum absolute atomic E-state index is 0.126. The second-order valence-electron chi connectivity index (χ2n) is 3.32. The molecule has 4 heteroatoms. The van der Waals surface area contributed by atoms with Gasteiger partial charge in [0.15, 0.2) is 0 Å². The number of nitrogens with one attached hydrogen (secondary N) is 1. The van der Waals surface area contributed by atoms with Gasteiger partial charge in [0, 0.05) is 24.9 Å². The van der Waals surface area contributed by atoms with Crippen molar-refractivity contribution in [3.8, 4) is 0 Å². The largest absolute Gasteiger partial charge is 0.398 e. The molecule has 0 unspecified atom stereocenters. The molecule has 0 radical (unpaired) electrons. The molecule has 0 heterocycles. The lowest BCUT2D eigenvalue weighted by atomic mass is 10.1. The first kappa shape index (κ1) is 11.5. The summed E-state index contributed by atoms with van der Waals surface area (Å²) >= 11 is 0. The minimum Gasteiger partial charge on any atom is -0.398 e. The van der Waals surface area contributed by atoms with Crippen LogP contribution >= 0.6 is 0 Å². The van der Waals surface area contributed by atoms with Gasteiger partial charge >= 0.3 is 0 Å². The van der Waals surface area contributed by atoms with Crippen molar-refractivity contribution in [1.29, 1.82) is 0 Å². The first-order valence-electron chi connectivity index (χ1n) is 4.78. The third kappa shape index (κ3) is 3.25. The van der Waals surface area contributed by atoms with Crippen molar-refractivity contribution in [1.82, 2.24) is 5.32 Å². The van der Waals surface area contributed by atoms with Crippen molar-refractivity contribution in [3.05, 3.63) is 29.3 Å². The van der Waals surface area contributed by atoms with Crippen LogP contribution in [0.1, 0.15) is 15.9 Å². The van der Waals surface area contributed by atoms with Crippen molar-refractivity contribution in [2.75, 3.05) is 26.0 Å². The van der Waals surface area contributed by atoms with Gasteiger partial charge in [-0.25, -0.2) is 0 Å². The van der Waals surface area contributed by atoms with Crippen LogP contribution in [0.5, 0.6) is 0 Å². The summed E-state index contributed by atoms with van der Waals surface area (Å²) in [5.41, 5.74) is 7.90. The maximum Gasteiger partial charge on any atom is 0.251 e. The summed E-state index contributed by atoms with van der Waals surface area (Å²) in [6, 6.07) is 5.27. The van der Waals surface area contributed by atoms with Crippen molar-refractivity contribution in [2.45, 2.75) is 6.92 Å². The quantitative estimate of drug-likeness (QED) is 0.572. The molecule has 0 fully saturated rings. The minimum atomic E-state index is -0.126. The van der Waals surface area contributed by atoms with E-state index < -0.39 is 0 Å². The van der Waals surface area contributed by atoms with E-state index in [-0.39, 0.29) is 5.91 Å². The zero-order valence-electron chi connectivity index (χ0n) is 9.04. The lowest BCUT2D eigenvalue weighted by molar-refractivity contribution is 0.0937. The number of nitrogen functional groups attached to an aromatic ring is 1. The van der Waals surface area contributed by atoms with E-state index in [0.717, 1.165) is 5.56 Å². The summed E-state index contributed by atoms with van der Waals surface area (Å²) in [5.74, 6) is -0.126. The predicted octanol–water partition coefficient (Wildman–Crippen LogP) is 0.953. The molecule has 3 N–H and O–H groups in total. The summed E-state index contributed by atoms with van der Waals surface area (Å²) in [7, 11) is 1.59. The Morgan fingerprint density at radius 3 is 2.87 bits per heavy atom. The Bertz CT molecular complexity index is 350. The van der Waals surface area contributed by atoms with E-state index in [2.05, 4.69) is 5.32 Å². The zero-order valence-corrected chi connectivity index (χ0v) is 9.04. The monoisotopic (exact) mass is 208 g/mol. The number of benzene rings is 1. The fourth-order valence-electron chi connectivity index (χ4n) is 1.15. The standard InChI is InChI=1S/C11H16N2O2/c1-8-3-4-9(7-10(8)12)11(14)13-5-6-15-2/h3-4,7H,5-6,12H2,1-2H3,(H,13,14). The van der Waals surface area contributed by atoms with Gasteiger partial charge in [-0.1, -0.05) is 6.07 Å². The van der Waals surface area contributed by atoms with Gasteiger partial charge in [0.1, 0.15) is 0 Å². The highest BCUT2D eigenvalue weighted by atomic mass is 16.5. The zero-order chi connectivity index (χ0) is 11.3. The average molecular weight is 208 g/mol. The number of carbonyl (C=O) groups excluding carboxylic acids is 1. The van der Waals surface area contributed by atoms with Crippen LogP contribution in [0.4, 0.5) is 5.69 Å². The van der Waals surface area contributed by atoms with Gasteiger partial charge in [0.05, 0.1) is 6.61 Å². The van der Waals surface area contributed by atoms with E-state index in [0.29, 0.717) is 24.4 Å². The van der Waals surface area contributed by atoms with Gasteiger partial charge < -0.3 is 15.8 Å². The van der Waals surface area contributed by atoms with E-state index in [1.54, 1.807) is 19.2 Å². The maximum absolute atomic E-state index is 11.6. The number of methoxy groups -OCH3 is 1. The average Bonchev–Trinajstić information content (AvgIpc) is 2.22. The number of nitrogens with two attached hydrogens (primary N) is 1. The Morgan fingerprint density at radius 2 is 2.27 bits per heavy atom. The Morgan fingerprint density at radius 1 is 1.53 bits per heavy atom. The highest BCUT2D eigenvalue weighted by Crippen LogP contribution is 2.12. The molecular formula is C11H16N2O2. The summed E-state index contributed by atoms with van der Waals surface area (Å²) in [4.78, 5) is 11.6. The number of amides is 1. The second kappa shape index (κ2) is 5.36. The SMILES string of the molecule is COCCNC(=O)c1ccc(C)c(N)c1. The number of anilines is 1. The fraction of sp³-hybridized carbons (Fsp3) is 0.364. The van der Waals surface area contributed by atoms with Crippen LogP contribution in [0.25, 0.3) is 0 Å². The van der Waals surface area contributed by atoms with E-state index in [4.69, 9.17) is 10.5 Å². The van der Waals surface area contributed by atoms with E-state index in [1.807, 2.05) is 13.0 Å². The van der Waals surface area contributed by atoms with Crippen LogP contribution in [0, 0.1) is 6.92 Å². The van der Waals surface area contributed by atoms with Crippen LogP contribution in [0.15, 0.2) is 18.2 Å². The van der Waals surface area contributed by atoms with Gasteiger partial charge in [-0.05, 0) is 24.6 Å². The third-order valence-electron chi connectivity index (χ3n) is 2.13. The summed E-state index contributed by atoms with van der Waals surface area (Å²) in [6.07, 6.45) is 0. The van der Waals surface area contributed by atoms with Crippen molar-refractivity contribution < 1.29 is 9.53 Å². The lowest BCUT2D eigenvalue weighted by Gasteiger charge is -2.06. The molecule has 0 saturated heterocycles. The number of carbonyl (C=O) groups is 1. The second-order valence-corrected chi connectivity index (χ2v) is 3.32. The van der Waals surface area contributed by atoms with Crippen LogP contribution in [0.3, 0.4) is 0 Å². The number of ether oxygens (including phenoxy) is 1. The molecule has 0 aliphatic heterocycles. The molecule has 0 atom stereocenters. The Balaban J connectivity index is 2.62. The molecule has 0 spiro atoms. The molecule has 0 bridgehead atoms. The highest BCUT2D eigenvalue weighted by molar-refractivity contribution is 5.95. The molecule has 0 aromatic heterocycles. The topological polar surface area (TPSA) is 64.3 Å². The number of aryl methyl sites for hydroxylation is 1. The molecule has 15 heavy (non-hydrogen) atoms. The fourth-order valence-corrected chi connectivity index (χ4v) is 1.15. The Labute approximate surface area is 89.4 Å². The van der Waals surface area contributed by atoms with Crippen molar-refractivity contribution in [2.24, 2.45) is 0 Å². The smallest absolute Gasteiger partial charge is 0.251 e. The number of rotatable bonds is 4. The Kier molecular flexibility index (Phi) is 4.12.